The lowest BCUT2D eigenvalue weighted by molar-refractivity contribution is -0.140. The van der Waals surface area contributed by atoms with Gasteiger partial charge in [0.05, 0.1) is 49.9 Å². The molecule has 12 rings (SSSR count). The average molecular weight is 1150 g/mol. The summed E-state index contributed by atoms with van der Waals surface area (Å²) in [6, 6.07) is 38.5. The molecule has 3 aromatic heterocycles. The number of benzene rings is 6. The lowest BCUT2D eigenvalue weighted by atomic mass is 9.99. The molecule has 3 saturated carbocycles. The number of aromatic nitrogens is 9. The number of esters is 3. The molecule has 0 radical (unpaired) electrons. The number of hydrogen-bond acceptors (Lipinski definition) is 14. The van der Waals surface area contributed by atoms with Gasteiger partial charge in [-0.15, -0.1) is 20.4 Å². The number of fused-ring (bicyclic) bond motifs is 3. The lowest BCUT2D eigenvalue weighted by Crippen LogP contribution is -2.05. The summed E-state index contributed by atoms with van der Waals surface area (Å²) in [5.41, 5.74) is 7.43. The number of halogens is 1. The maximum absolute atomic E-state index is 11.5. The molecule has 0 unspecified atom stereocenters. The van der Waals surface area contributed by atoms with E-state index in [-0.39, 0.29) is 45.7 Å². The van der Waals surface area contributed by atoms with Gasteiger partial charge in [-0.2, -0.15) is 5.10 Å². The van der Waals surface area contributed by atoms with Gasteiger partial charge in [-0.05, 0) is 135 Å². The molecule has 1 N–H and O–H groups in total. The van der Waals surface area contributed by atoms with Gasteiger partial charge >= 0.3 is 17.9 Å². The number of rotatable bonds is 13. The number of nitrogens with zero attached hydrogens (tertiary/aromatic N) is 8. The predicted octanol–water partition coefficient (Wildman–Crippen LogP) is 13.9. The summed E-state index contributed by atoms with van der Waals surface area (Å²) in [4.78, 5) is 32.8. The van der Waals surface area contributed by atoms with Crippen LogP contribution in [0, 0.1) is 4.77 Å². The van der Waals surface area contributed by atoms with E-state index in [1.807, 2.05) is 25.8 Å². The molecular formula is C57H64BrN9O6S3. The van der Waals surface area contributed by atoms with Crippen molar-refractivity contribution in [1.29, 1.82) is 0 Å². The normalized spacial score (nSPS) is 13.4. The SMILES string of the molecule is C.C.CCC(=O)OC.COC(=O)CSc1nnc(Br)n1-c1ccc(C2CC2)c2ccccc12.COC(=O)CSc1nncn1-c1ccc(C2CC2)c2ccccc12.S=c1[nH]ncn1-c1ccc(C2CC2)c2ccccc12.[2HH]. The fourth-order valence-corrected chi connectivity index (χ4v) is 11.0. The first-order valence-corrected chi connectivity index (χ1v) is 27.4. The Bertz CT molecular complexity index is 3530. The topological polar surface area (TPSA) is 174 Å². The Morgan fingerprint density at radius 2 is 1.00 bits per heavy atom. The van der Waals surface area contributed by atoms with Gasteiger partial charge in [-0.1, -0.05) is 136 Å². The Kier molecular flexibility index (Phi) is 19.8. The van der Waals surface area contributed by atoms with Crippen LogP contribution in [0.1, 0.15) is 103 Å². The van der Waals surface area contributed by atoms with E-state index < -0.39 is 0 Å². The molecule has 0 aliphatic heterocycles. The van der Waals surface area contributed by atoms with Crippen LogP contribution >= 0.6 is 51.7 Å². The zero-order valence-corrected chi connectivity index (χ0v) is 45.3. The van der Waals surface area contributed by atoms with Crippen LogP contribution in [-0.2, 0) is 28.6 Å². The number of ether oxygens (including phenoxy) is 3. The molecule has 15 nitrogen and oxygen atoms in total. The van der Waals surface area contributed by atoms with Crippen LogP contribution in [0.25, 0.3) is 49.4 Å². The molecule has 0 saturated heterocycles. The standard InChI is InChI=1S/C18H16BrN3O2S.C18H17N3O2S.C15H13N3S.C4H8O2.2CH4.H2/c1-24-16(23)10-25-18-21-20-17(19)22(18)15-9-8-12(11-6-7-11)13-4-2-3-5-14(13)15;1-23-17(22)10-24-18-20-19-11-21(18)16-9-8-13(12-6-7-12)14-4-2-3-5-15(14)16;19-15-17-16-9-18(15)14-8-7-11(10-5-6-10)12-3-1-2-4-13(12)14;1-3-4(5)6-2;;;/h2-5,8-9,11H,6-7,10H2,1H3;2-5,8-9,11-12H,6-7,10H2,1H3;1-4,7-10H,5-6H2,(H,17,19);3H2,1-2H3;2*1H4;1H/i;;;;;;1+1. The fraction of sp³-hybridized carbons (Fsp3) is 0.316. The van der Waals surface area contributed by atoms with Gasteiger partial charge < -0.3 is 14.2 Å². The van der Waals surface area contributed by atoms with Gasteiger partial charge in [0.1, 0.15) is 12.7 Å². The Morgan fingerprint density at radius 1 is 0.579 bits per heavy atom. The Morgan fingerprint density at radius 3 is 1.41 bits per heavy atom. The fourth-order valence-electron chi connectivity index (χ4n) is 8.75. The van der Waals surface area contributed by atoms with Crippen LogP contribution in [-0.4, -0.2) is 95.0 Å². The van der Waals surface area contributed by atoms with Crippen LogP contribution < -0.4 is 0 Å². The van der Waals surface area contributed by atoms with Gasteiger partial charge in [0, 0.05) is 24.0 Å². The molecule has 3 heterocycles. The molecule has 3 fully saturated rings. The van der Waals surface area contributed by atoms with Crippen LogP contribution in [0.3, 0.4) is 0 Å². The number of hydrogen-bond donors (Lipinski definition) is 1. The molecule has 0 spiro atoms. The van der Waals surface area contributed by atoms with Crippen molar-refractivity contribution in [1.82, 2.24) is 44.3 Å². The number of aromatic amines is 1. The van der Waals surface area contributed by atoms with Crippen LogP contribution in [0.2, 0.25) is 0 Å². The first kappa shape index (κ1) is 57.0. The van der Waals surface area contributed by atoms with E-state index in [2.05, 4.69) is 148 Å². The van der Waals surface area contributed by atoms with E-state index in [1.54, 1.807) is 19.6 Å². The molecule has 3 aliphatic rings. The number of carbonyl (C=O) groups is 3. The molecule has 398 valence electrons. The minimum absolute atomic E-state index is 0. The third-order valence-electron chi connectivity index (χ3n) is 12.9. The second-order valence-corrected chi connectivity index (χ2v) is 20.7. The maximum Gasteiger partial charge on any atom is 0.316 e. The van der Waals surface area contributed by atoms with Crippen molar-refractivity contribution in [2.75, 3.05) is 32.8 Å². The van der Waals surface area contributed by atoms with Crippen LogP contribution in [0.5, 0.6) is 0 Å². The maximum atomic E-state index is 11.5. The zero-order valence-electron chi connectivity index (χ0n) is 41.3. The van der Waals surface area contributed by atoms with E-state index in [1.165, 1.54) is 127 Å². The predicted molar refractivity (Wildman–Crippen MR) is 311 cm³/mol. The number of nitrogens with one attached hydrogen (secondary N) is 1. The summed E-state index contributed by atoms with van der Waals surface area (Å²) < 4.78 is 20.7. The summed E-state index contributed by atoms with van der Waals surface area (Å²) in [5, 5.41) is 32.1. The summed E-state index contributed by atoms with van der Waals surface area (Å²) in [5.74, 6) is 1.81. The zero-order chi connectivity index (χ0) is 51.7. The first-order valence-electron chi connectivity index (χ1n) is 24.3. The number of thioether (sulfide) groups is 2. The van der Waals surface area contributed by atoms with Crippen molar-refractivity contribution in [2.45, 2.75) is 94.8 Å². The molecular weight excluding hydrogens is 1080 g/mol. The molecule has 19 heteroatoms. The van der Waals surface area contributed by atoms with Gasteiger partial charge in [0.15, 0.2) is 15.1 Å². The molecule has 3 aliphatic carbocycles. The third-order valence-corrected chi connectivity index (χ3v) is 15.5. The quantitative estimate of drug-likeness (QED) is 0.0500. The molecule has 0 amide bonds. The largest absolute Gasteiger partial charge is 0.469 e. The summed E-state index contributed by atoms with van der Waals surface area (Å²) in [6.45, 7) is 1.76. The van der Waals surface area contributed by atoms with Gasteiger partial charge in [0.2, 0.25) is 4.73 Å². The summed E-state index contributed by atoms with van der Waals surface area (Å²) in [6.07, 6.45) is 11.6. The number of H-pyrrole nitrogens is 1. The Labute approximate surface area is 466 Å². The van der Waals surface area contributed by atoms with E-state index >= 15 is 0 Å². The van der Waals surface area contributed by atoms with Crippen LogP contribution in [0.15, 0.2) is 137 Å². The first-order chi connectivity index (χ1) is 36.1. The third kappa shape index (κ3) is 13.3. The van der Waals surface area contributed by atoms with Gasteiger partial charge in [0.25, 0.3) is 0 Å². The minimum atomic E-state index is -0.287. The van der Waals surface area contributed by atoms with Gasteiger partial charge in [-0.25, -0.2) is 0 Å². The van der Waals surface area contributed by atoms with Crippen molar-refractivity contribution in [3.63, 3.8) is 0 Å². The van der Waals surface area contributed by atoms with Crippen molar-refractivity contribution < 1.29 is 30.0 Å². The van der Waals surface area contributed by atoms with Gasteiger partial charge in [-0.3, -0.25) is 33.2 Å². The lowest BCUT2D eigenvalue weighted by Gasteiger charge is -2.13. The van der Waals surface area contributed by atoms with E-state index in [0.29, 0.717) is 38.1 Å². The van der Waals surface area contributed by atoms with Crippen molar-refractivity contribution in [3.8, 4) is 17.1 Å². The van der Waals surface area contributed by atoms with Crippen molar-refractivity contribution in [3.05, 3.63) is 148 Å². The highest BCUT2D eigenvalue weighted by Gasteiger charge is 2.28. The molecule has 0 atom stereocenters. The smallest absolute Gasteiger partial charge is 0.316 e. The molecule has 9 aromatic rings. The highest BCUT2D eigenvalue weighted by atomic mass is 79.9. The van der Waals surface area contributed by atoms with E-state index in [4.69, 9.17) is 21.7 Å². The number of carbonyl (C=O) groups excluding carboxylic acids is 3. The molecule has 76 heavy (non-hydrogen) atoms. The monoisotopic (exact) mass is 1150 g/mol. The van der Waals surface area contributed by atoms with Crippen molar-refractivity contribution in [2.24, 2.45) is 0 Å². The highest BCUT2D eigenvalue weighted by Crippen LogP contribution is 2.46. The average Bonchev–Trinajstić information content (AvgIpc) is 4.42. The molecule has 0 bridgehead atoms. The minimum Gasteiger partial charge on any atom is -0.469 e. The number of methoxy groups -OCH3 is 3. The van der Waals surface area contributed by atoms with Crippen molar-refractivity contribution >= 4 is 102 Å². The van der Waals surface area contributed by atoms with E-state index in [9.17, 15) is 14.4 Å². The second kappa shape index (κ2) is 26.4. The Balaban J connectivity index is 0.000000175. The molecule has 6 aromatic carbocycles. The summed E-state index contributed by atoms with van der Waals surface area (Å²) >= 11 is 11.4. The van der Waals surface area contributed by atoms with E-state index in [0.717, 1.165) is 28.4 Å². The van der Waals surface area contributed by atoms with Crippen LogP contribution in [0.4, 0.5) is 0 Å². The Hall–Kier alpha value is -6.67. The second-order valence-electron chi connectivity index (χ2n) is 17.7. The summed E-state index contributed by atoms with van der Waals surface area (Å²) in [7, 11) is 4.15. The highest BCUT2D eigenvalue weighted by molar-refractivity contribution is 9.10.